The maximum absolute atomic E-state index is 14.1. The molecule has 1 aromatic carbocycles. The molecule has 1 aliphatic rings. The molecule has 162 valence electrons. The van der Waals surface area contributed by atoms with Crippen molar-refractivity contribution in [1.82, 2.24) is 14.5 Å². The van der Waals surface area contributed by atoms with Crippen LogP contribution in [0.2, 0.25) is 0 Å². The summed E-state index contributed by atoms with van der Waals surface area (Å²) < 4.78 is 29.2. The van der Waals surface area contributed by atoms with E-state index in [1.807, 2.05) is 17.7 Å². The van der Waals surface area contributed by atoms with Crippen molar-refractivity contribution in [2.45, 2.75) is 13.5 Å². The third kappa shape index (κ3) is 5.00. The van der Waals surface area contributed by atoms with Crippen LogP contribution in [0.15, 0.2) is 42.9 Å². The van der Waals surface area contributed by atoms with E-state index in [0.717, 1.165) is 24.4 Å². The monoisotopic (exact) mass is 430 g/mol. The first kappa shape index (κ1) is 21.8. The predicted molar refractivity (Wildman–Crippen MR) is 109 cm³/mol. The first-order valence-corrected chi connectivity index (χ1v) is 9.32. The number of benzene rings is 1. The molecule has 0 atom stereocenters. The average molecular weight is 430 g/mol. The highest BCUT2D eigenvalue weighted by molar-refractivity contribution is 5.68. The van der Waals surface area contributed by atoms with E-state index in [1.54, 1.807) is 11.2 Å². The van der Waals surface area contributed by atoms with Crippen LogP contribution >= 0.6 is 0 Å². The number of nitrogens with two attached hydrogens (primary N) is 1. The lowest BCUT2D eigenvalue weighted by Gasteiger charge is -2.40. The number of primary amides is 1. The number of aromatic nitrogens is 3. The van der Waals surface area contributed by atoms with Crippen LogP contribution in [-0.4, -0.2) is 39.0 Å². The van der Waals surface area contributed by atoms with Crippen LogP contribution in [0.4, 0.5) is 20.3 Å². The zero-order chi connectivity index (χ0) is 22.5. The molecule has 9 nitrogen and oxygen atoms in total. The molecule has 0 aliphatic carbocycles. The Bertz CT molecular complexity index is 1100. The second kappa shape index (κ2) is 9.28. The van der Waals surface area contributed by atoms with Gasteiger partial charge < -0.3 is 15.2 Å². The van der Waals surface area contributed by atoms with Crippen LogP contribution in [0.1, 0.15) is 5.69 Å². The highest BCUT2D eigenvalue weighted by Gasteiger charge is 2.33. The number of hydrogen-bond acceptors (Lipinski definition) is 6. The number of aryl methyl sites for hydroxylation is 1. The van der Waals surface area contributed by atoms with E-state index in [0.29, 0.717) is 19.0 Å². The number of halogens is 2. The molecule has 3 aromatic rings. The van der Waals surface area contributed by atoms with Gasteiger partial charge in [-0.05, 0) is 25.1 Å². The molecule has 1 amide bonds. The van der Waals surface area contributed by atoms with Crippen molar-refractivity contribution in [1.29, 1.82) is 0 Å². The smallest absolute Gasteiger partial charge is 0.311 e. The Labute approximate surface area is 176 Å². The fraction of sp³-hybridized carbons (Fsp3) is 0.250. The highest BCUT2D eigenvalue weighted by atomic mass is 19.1. The fourth-order valence-corrected chi connectivity index (χ4v) is 3.39. The number of nitro groups is 1. The van der Waals surface area contributed by atoms with Gasteiger partial charge in [0.05, 0.1) is 22.6 Å². The third-order valence-electron chi connectivity index (χ3n) is 4.75. The lowest BCUT2D eigenvalue weighted by Crippen LogP contribution is -2.49. The number of carbonyl (C=O) groups excluding carboxylic acids is 1. The van der Waals surface area contributed by atoms with Crippen LogP contribution < -0.4 is 10.6 Å². The zero-order valence-electron chi connectivity index (χ0n) is 16.6. The molecule has 1 aliphatic heterocycles. The van der Waals surface area contributed by atoms with E-state index < -0.39 is 16.6 Å². The number of pyridine rings is 1. The molecule has 31 heavy (non-hydrogen) atoms. The molecule has 3 heterocycles. The molecular weight excluding hydrogens is 410 g/mol. The zero-order valence-corrected chi connectivity index (χ0v) is 16.6. The Morgan fingerprint density at radius 3 is 2.58 bits per heavy atom. The molecule has 0 saturated carbocycles. The van der Waals surface area contributed by atoms with E-state index in [1.165, 1.54) is 18.2 Å². The van der Waals surface area contributed by atoms with Crippen molar-refractivity contribution in [2.24, 2.45) is 11.7 Å². The van der Waals surface area contributed by atoms with Crippen LogP contribution in [0.25, 0.3) is 11.3 Å². The van der Waals surface area contributed by atoms with Gasteiger partial charge in [-0.3, -0.25) is 14.9 Å². The predicted octanol–water partition coefficient (Wildman–Crippen LogP) is 2.68. The third-order valence-corrected chi connectivity index (χ3v) is 4.75. The van der Waals surface area contributed by atoms with Gasteiger partial charge in [0.15, 0.2) is 0 Å². The average Bonchev–Trinajstić information content (AvgIpc) is 3.09. The second-order valence-corrected chi connectivity index (χ2v) is 7.04. The topological polar surface area (TPSA) is 120 Å². The van der Waals surface area contributed by atoms with Crippen molar-refractivity contribution in [2.75, 3.05) is 18.0 Å². The summed E-state index contributed by atoms with van der Waals surface area (Å²) in [7, 11) is 0. The van der Waals surface area contributed by atoms with E-state index in [9.17, 15) is 18.9 Å². The molecule has 1 saturated heterocycles. The first-order chi connectivity index (χ1) is 14.8. The molecule has 0 bridgehead atoms. The van der Waals surface area contributed by atoms with Gasteiger partial charge in [0.25, 0.3) is 0 Å². The van der Waals surface area contributed by atoms with Gasteiger partial charge in [0.1, 0.15) is 11.6 Å². The Kier molecular flexibility index (Phi) is 6.53. The minimum absolute atomic E-state index is 0.100. The molecule has 1 fully saturated rings. The van der Waals surface area contributed by atoms with Crippen molar-refractivity contribution in [3.63, 3.8) is 0 Å². The van der Waals surface area contributed by atoms with E-state index in [4.69, 9.17) is 4.79 Å². The number of rotatable bonds is 5. The van der Waals surface area contributed by atoms with Gasteiger partial charge in [-0.25, -0.2) is 18.7 Å². The Morgan fingerprint density at radius 1 is 1.29 bits per heavy atom. The normalized spacial score (nSPS) is 13.2. The molecule has 11 heteroatoms. The molecule has 0 radical (unpaired) electrons. The summed E-state index contributed by atoms with van der Waals surface area (Å²) in [5, 5.41) is 11.4. The molecule has 2 aromatic heterocycles. The second-order valence-electron chi connectivity index (χ2n) is 7.04. The quantitative estimate of drug-likeness (QED) is 0.377. The summed E-state index contributed by atoms with van der Waals surface area (Å²) in [6.45, 7) is 3.87. The standard InChI is InChI=1S/C19H17F2N5O2.CH3NO/c1-12-7-24(11-22-12)8-13-9-25(10-13)19-18(26(27)28)5-4-17(23-19)15-3-2-14(20)6-16(15)21;2-1-3/h2-7,11,13H,8-10H2,1H3;1H,(H2,2,3). The Hall–Kier alpha value is -3.89. The molecule has 4 rings (SSSR count). The number of hydrogen-bond donors (Lipinski definition) is 1. The molecular formula is C20H20F2N6O3. The van der Waals surface area contributed by atoms with Crippen molar-refractivity contribution in [3.8, 4) is 11.3 Å². The number of amides is 1. The fourth-order valence-electron chi connectivity index (χ4n) is 3.39. The largest absolute Gasteiger partial charge is 0.372 e. The van der Waals surface area contributed by atoms with Gasteiger partial charge in [-0.15, -0.1) is 0 Å². The summed E-state index contributed by atoms with van der Waals surface area (Å²) in [4.78, 5) is 29.8. The Balaban J connectivity index is 0.000000858. The van der Waals surface area contributed by atoms with Crippen molar-refractivity contribution >= 4 is 17.9 Å². The Morgan fingerprint density at radius 2 is 2.00 bits per heavy atom. The van der Waals surface area contributed by atoms with Gasteiger partial charge in [-0.1, -0.05) is 0 Å². The van der Waals surface area contributed by atoms with Crippen LogP contribution in [0, 0.1) is 34.6 Å². The van der Waals surface area contributed by atoms with Gasteiger partial charge in [0.2, 0.25) is 12.2 Å². The minimum atomic E-state index is -0.760. The number of nitrogens with zero attached hydrogens (tertiary/aromatic N) is 5. The maximum atomic E-state index is 14.1. The van der Waals surface area contributed by atoms with E-state index in [2.05, 4.69) is 15.7 Å². The maximum Gasteiger partial charge on any atom is 0.311 e. The summed E-state index contributed by atoms with van der Waals surface area (Å²) in [5.74, 6) is -0.946. The molecule has 2 N–H and O–H groups in total. The first-order valence-electron chi connectivity index (χ1n) is 9.32. The summed E-state index contributed by atoms with van der Waals surface area (Å²) in [5.41, 5.74) is 5.29. The number of carbonyl (C=O) groups is 1. The van der Waals surface area contributed by atoms with E-state index in [-0.39, 0.29) is 29.2 Å². The minimum Gasteiger partial charge on any atom is -0.372 e. The highest BCUT2D eigenvalue weighted by Crippen LogP contribution is 2.34. The lowest BCUT2D eigenvalue weighted by atomic mass is 9.99. The summed E-state index contributed by atoms with van der Waals surface area (Å²) >= 11 is 0. The molecule has 0 spiro atoms. The van der Waals surface area contributed by atoms with Gasteiger partial charge in [-0.2, -0.15) is 0 Å². The van der Waals surface area contributed by atoms with E-state index >= 15 is 0 Å². The van der Waals surface area contributed by atoms with Gasteiger partial charge in [0, 0.05) is 49.4 Å². The van der Waals surface area contributed by atoms with Crippen molar-refractivity contribution in [3.05, 3.63) is 70.3 Å². The number of imidazole rings is 1. The van der Waals surface area contributed by atoms with Crippen LogP contribution in [0.5, 0.6) is 0 Å². The lowest BCUT2D eigenvalue weighted by molar-refractivity contribution is -0.384. The van der Waals surface area contributed by atoms with Crippen molar-refractivity contribution < 1.29 is 18.5 Å². The SMILES string of the molecule is Cc1cn(CC2CN(c3nc(-c4ccc(F)cc4F)ccc3[N+](=O)[O-])C2)cn1.NC=O. The van der Waals surface area contributed by atoms with Crippen LogP contribution in [-0.2, 0) is 11.3 Å². The van der Waals surface area contributed by atoms with Crippen LogP contribution in [0.3, 0.4) is 0 Å². The molecule has 0 unspecified atom stereocenters. The summed E-state index contributed by atoms with van der Waals surface area (Å²) in [6.07, 6.45) is 3.96. The number of anilines is 1. The summed E-state index contributed by atoms with van der Waals surface area (Å²) in [6, 6.07) is 5.87. The van der Waals surface area contributed by atoms with Gasteiger partial charge >= 0.3 is 5.69 Å².